The highest BCUT2D eigenvalue weighted by atomic mass is 16.2. The van der Waals surface area contributed by atoms with Crippen molar-refractivity contribution in [3.05, 3.63) is 0 Å². The summed E-state index contributed by atoms with van der Waals surface area (Å²) >= 11 is 0. The van der Waals surface area contributed by atoms with Gasteiger partial charge in [-0.05, 0) is 23.2 Å². The van der Waals surface area contributed by atoms with Crippen molar-refractivity contribution in [2.75, 3.05) is 13.1 Å². The molecule has 0 N–H and O–H groups in total. The Bertz CT molecular complexity index is 251. The SMILES string of the molecule is CC(C)(C)CCC(=O)N1CC(C(C)(C)C)C1. The molecule has 1 fully saturated rings. The van der Waals surface area contributed by atoms with Crippen LogP contribution < -0.4 is 0 Å². The highest BCUT2D eigenvalue weighted by molar-refractivity contribution is 5.77. The van der Waals surface area contributed by atoms with E-state index in [4.69, 9.17) is 0 Å². The zero-order valence-corrected chi connectivity index (χ0v) is 11.8. The Labute approximate surface area is 100 Å². The van der Waals surface area contributed by atoms with E-state index in [1.807, 2.05) is 4.90 Å². The lowest BCUT2D eigenvalue weighted by atomic mass is 9.76. The summed E-state index contributed by atoms with van der Waals surface area (Å²) in [6.45, 7) is 15.3. The summed E-state index contributed by atoms with van der Waals surface area (Å²) in [5.41, 5.74) is 0.616. The molecule has 0 spiro atoms. The van der Waals surface area contributed by atoms with Gasteiger partial charge in [0.15, 0.2) is 0 Å². The van der Waals surface area contributed by atoms with Crippen LogP contribution >= 0.6 is 0 Å². The Morgan fingerprint density at radius 2 is 1.62 bits per heavy atom. The molecule has 0 atom stereocenters. The van der Waals surface area contributed by atoms with Crippen LogP contribution in [0.2, 0.25) is 0 Å². The van der Waals surface area contributed by atoms with E-state index in [9.17, 15) is 4.79 Å². The van der Waals surface area contributed by atoms with E-state index in [2.05, 4.69) is 41.5 Å². The van der Waals surface area contributed by atoms with Crippen LogP contribution in [0.15, 0.2) is 0 Å². The van der Waals surface area contributed by atoms with Crippen molar-refractivity contribution in [2.24, 2.45) is 16.7 Å². The van der Waals surface area contributed by atoms with Crippen LogP contribution in [0.1, 0.15) is 54.4 Å². The second-order valence-corrected chi connectivity index (χ2v) is 7.42. The van der Waals surface area contributed by atoms with E-state index in [1.54, 1.807) is 0 Å². The van der Waals surface area contributed by atoms with Crippen molar-refractivity contribution in [3.8, 4) is 0 Å². The Balaban J connectivity index is 2.28. The average molecular weight is 225 g/mol. The van der Waals surface area contributed by atoms with Gasteiger partial charge in [0.05, 0.1) is 0 Å². The topological polar surface area (TPSA) is 20.3 Å². The molecule has 16 heavy (non-hydrogen) atoms. The number of hydrogen-bond acceptors (Lipinski definition) is 1. The minimum atomic E-state index is 0.268. The third kappa shape index (κ3) is 3.80. The fraction of sp³-hybridized carbons (Fsp3) is 0.929. The molecule has 1 rings (SSSR count). The molecule has 1 aliphatic heterocycles. The molecule has 0 aromatic rings. The minimum absolute atomic E-state index is 0.268. The van der Waals surface area contributed by atoms with Crippen LogP contribution in [0, 0.1) is 16.7 Å². The summed E-state index contributed by atoms with van der Waals surface area (Å²) < 4.78 is 0. The number of nitrogens with zero attached hydrogens (tertiary/aromatic N) is 1. The molecule has 1 aliphatic rings. The van der Waals surface area contributed by atoms with Gasteiger partial charge in [-0.25, -0.2) is 0 Å². The van der Waals surface area contributed by atoms with Gasteiger partial charge in [0, 0.05) is 19.5 Å². The Morgan fingerprint density at radius 3 is 2.00 bits per heavy atom. The third-order valence-electron chi connectivity index (χ3n) is 3.55. The van der Waals surface area contributed by atoms with Crippen LogP contribution in [0.3, 0.4) is 0 Å². The summed E-state index contributed by atoms with van der Waals surface area (Å²) in [4.78, 5) is 13.9. The van der Waals surface area contributed by atoms with Gasteiger partial charge in [0.1, 0.15) is 0 Å². The summed E-state index contributed by atoms with van der Waals surface area (Å²) in [5, 5.41) is 0. The first-order valence-corrected chi connectivity index (χ1v) is 6.37. The zero-order chi connectivity index (χ0) is 12.6. The molecule has 1 amide bonds. The minimum Gasteiger partial charge on any atom is -0.342 e. The quantitative estimate of drug-likeness (QED) is 0.706. The van der Waals surface area contributed by atoms with Crippen LogP contribution in [0.25, 0.3) is 0 Å². The molecule has 0 aromatic carbocycles. The number of carbonyl (C=O) groups excluding carboxylic acids is 1. The van der Waals surface area contributed by atoms with E-state index in [1.165, 1.54) is 0 Å². The lowest BCUT2D eigenvalue weighted by molar-refractivity contribution is -0.140. The molecular formula is C14H27NO. The maximum Gasteiger partial charge on any atom is 0.222 e. The second kappa shape index (κ2) is 4.38. The van der Waals surface area contributed by atoms with Crippen molar-refractivity contribution in [3.63, 3.8) is 0 Å². The van der Waals surface area contributed by atoms with E-state index < -0.39 is 0 Å². The molecular weight excluding hydrogens is 198 g/mol. The summed E-state index contributed by atoms with van der Waals surface area (Å²) in [7, 11) is 0. The molecule has 0 saturated carbocycles. The predicted molar refractivity (Wildman–Crippen MR) is 68.2 cm³/mol. The first-order valence-electron chi connectivity index (χ1n) is 6.37. The first kappa shape index (κ1) is 13.5. The fourth-order valence-electron chi connectivity index (χ4n) is 1.87. The number of amides is 1. The third-order valence-corrected chi connectivity index (χ3v) is 3.55. The van der Waals surface area contributed by atoms with Crippen LogP contribution in [-0.2, 0) is 4.79 Å². The lowest BCUT2D eigenvalue weighted by Crippen LogP contribution is -2.54. The van der Waals surface area contributed by atoms with Gasteiger partial charge in [0.25, 0.3) is 0 Å². The van der Waals surface area contributed by atoms with Gasteiger partial charge < -0.3 is 4.90 Å². The monoisotopic (exact) mass is 225 g/mol. The molecule has 0 aliphatic carbocycles. The normalized spacial score (nSPS) is 18.5. The highest BCUT2D eigenvalue weighted by Crippen LogP contribution is 2.34. The summed E-state index contributed by atoms with van der Waals surface area (Å²) in [6, 6.07) is 0. The number of rotatable bonds is 2. The van der Waals surface area contributed by atoms with Crippen LogP contribution in [0.4, 0.5) is 0 Å². The maximum absolute atomic E-state index is 11.9. The van der Waals surface area contributed by atoms with Gasteiger partial charge in [0.2, 0.25) is 5.91 Å². The van der Waals surface area contributed by atoms with E-state index in [0.717, 1.165) is 19.5 Å². The first-order chi connectivity index (χ1) is 7.09. The van der Waals surface area contributed by atoms with Crippen molar-refractivity contribution in [2.45, 2.75) is 54.4 Å². The van der Waals surface area contributed by atoms with Crippen LogP contribution in [-0.4, -0.2) is 23.9 Å². The standard InChI is InChI=1S/C14H27NO/c1-13(2,3)8-7-12(16)15-9-11(10-15)14(4,5)6/h11H,7-10H2,1-6H3. The molecule has 2 heteroatoms. The number of carbonyl (C=O) groups is 1. The molecule has 1 heterocycles. The molecule has 1 saturated heterocycles. The molecule has 2 nitrogen and oxygen atoms in total. The van der Waals surface area contributed by atoms with Gasteiger partial charge in [-0.3, -0.25) is 4.79 Å². The number of likely N-dealkylation sites (tertiary alicyclic amines) is 1. The molecule has 0 radical (unpaired) electrons. The largest absolute Gasteiger partial charge is 0.342 e. The van der Waals surface area contributed by atoms with E-state index in [0.29, 0.717) is 23.7 Å². The lowest BCUT2D eigenvalue weighted by Gasteiger charge is -2.46. The highest BCUT2D eigenvalue weighted by Gasteiger charge is 2.37. The Hall–Kier alpha value is -0.530. The van der Waals surface area contributed by atoms with Gasteiger partial charge >= 0.3 is 0 Å². The maximum atomic E-state index is 11.9. The van der Waals surface area contributed by atoms with Gasteiger partial charge in [-0.1, -0.05) is 41.5 Å². The van der Waals surface area contributed by atoms with Crippen molar-refractivity contribution >= 4 is 5.91 Å². The Kier molecular flexibility index (Phi) is 3.71. The van der Waals surface area contributed by atoms with E-state index in [-0.39, 0.29) is 5.41 Å². The van der Waals surface area contributed by atoms with Crippen molar-refractivity contribution in [1.29, 1.82) is 0 Å². The Morgan fingerprint density at radius 1 is 1.12 bits per heavy atom. The summed E-state index contributed by atoms with van der Waals surface area (Å²) in [6.07, 6.45) is 1.70. The average Bonchev–Trinajstić information content (AvgIpc) is 1.93. The van der Waals surface area contributed by atoms with Crippen molar-refractivity contribution in [1.82, 2.24) is 4.90 Å². The second-order valence-electron chi connectivity index (χ2n) is 7.42. The molecule has 94 valence electrons. The zero-order valence-electron chi connectivity index (χ0n) is 11.8. The van der Waals surface area contributed by atoms with Crippen molar-refractivity contribution < 1.29 is 4.79 Å². The number of hydrogen-bond donors (Lipinski definition) is 0. The smallest absolute Gasteiger partial charge is 0.222 e. The predicted octanol–water partition coefficient (Wildman–Crippen LogP) is 3.32. The van der Waals surface area contributed by atoms with Gasteiger partial charge in [-0.2, -0.15) is 0 Å². The molecule has 0 bridgehead atoms. The van der Waals surface area contributed by atoms with Crippen LogP contribution in [0.5, 0.6) is 0 Å². The van der Waals surface area contributed by atoms with E-state index >= 15 is 0 Å². The molecule has 0 aromatic heterocycles. The molecule has 0 unspecified atom stereocenters. The van der Waals surface area contributed by atoms with Gasteiger partial charge in [-0.15, -0.1) is 0 Å². The fourth-order valence-corrected chi connectivity index (χ4v) is 1.87. The summed E-state index contributed by atoms with van der Waals surface area (Å²) in [5.74, 6) is 1.03.